The van der Waals surface area contributed by atoms with Crippen LogP contribution in [-0.2, 0) is 4.79 Å². The van der Waals surface area contributed by atoms with E-state index < -0.39 is 5.97 Å². The zero-order chi connectivity index (χ0) is 13.9. The van der Waals surface area contributed by atoms with Crippen LogP contribution in [0.25, 0.3) is 10.9 Å². The summed E-state index contributed by atoms with van der Waals surface area (Å²) in [4.78, 5) is 15.9. The minimum Gasteiger partial charge on any atom is -0.481 e. The minimum atomic E-state index is -0.650. The molecule has 2 aromatic rings. The van der Waals surface area contributed by atoms with Crippen molar-refractivity contribution in [2.45, 2.75) is 38.0 Å². The van der Waals surface area contributed by atoms with Crippen molar-refractivity contribution in [1.82, 2.24) is 4.98 Å². The highest BCUT2D eigenvalue weighted by Gasteiger charge is 2.30. The minimum absolute atomic E-state index is 0.139. The fraction of sp³-hybridized carbons (Fsp3) is 0.412. The lowest BCUT2D eigenvalue weighted by atomic mass is 9.82. The molecule has 1 aromatic heterocycles. The Labute approximate surface area is 118 Å². The highest BCUT2D eigenvalue weighted by Crippen LogP contribution is 2.37. The molecule has 1 fully saturated rings. The number of rotatable bonds is 2. The third-order valence-corrected chi connectivity index (χ3v) is 4.39. The molecule has 0 radical (unpaired) electrons. The fourth-order valence-electron chi connectivity index (χ4n) is 3.33. The number of pyridine rings is 1. The van der Waals surface area contributed by atoms with Crippen LogP contribution in [0.4, 0.5) is 0 Å². The highest BCUT2D eigenvalue weighted by molar-refractivity contribution is 5.79. The summed E-state index contributed by atoms with van der Waals surface area (Å²) in [7, 11) is 0. The van der Waals surface area contributed by atoms with Gasteiger partial charge < -0.3 is 5.11 Å². The molecule has 1 heterocycles. The maximum Gasteiger partial charge on any atom is 0.307 e. The van der Waals surface area contributed by atoms with Gasteiger partial charge in [-0.1, -0.05) is 31.4 Å². The lowest BCUT2D eigenvalue weighted by Crippen LogP contribution is -2.21. The monoisotopic (exact) mass is 269 g/mol. The summed E-state index contributed by atoms with van der Waals surface area (Å²) in [5.74, 6) is -0.755. The van der Waals surface area contributed by atoms with Crippen molar-refractivity contribution in [3.8, 4) is 0 Å². The van der Waals surface area contributed by atoms with Crippen LogP contribution in [0.1, 0.15) is 43.6 Å². The molecule has 20 heavy (non-hydrogen) atoms. The highest BCUT2D eigenvalue weighted by atomic mass is 16.4. The van der Waals surface area contributed by atoms with Gasteiger partial charge in [0.15, 0.2) is 0 Å². The second-order valence-electron chi connectivity index (χ2n) is 5.64. The normalized spacial score (nSPS) is 23.4. The van der Waals surface area contributed by atoms with Gasteiger partial charge in [0.05, 0.1) is 11.4 Å². The summed E-state index contributed by atoms with van der Waals surface area (Å²) in [5, 5.41) is 10.6. The molecule has 0 saturated heterocycles. The summed E-state index contributed by atoms with van der Waals surface area (Å²) in [5.41, 5.74) is 2.12. The zero-order valence-electron chi connectivity index (χ0n) is 11.5. The first kappa shape index (κ1) is 13.1. The molecule has 1 aromatic carbocycles. The quantitative estimate of drug-likeness (QED) is 0.839. The summed E-state index contributed by atoms with van der Waals surface area (Å²) >= 11 is 0. The number of nitrogens with zero attached hydrogens (tertiary/aromatic N) is 1. The van der Waals surface area contributed by atoms with E-state index in [1.807, 2.05) is 18.2 Å². The molecule has 1 aliphatic rings. The van der Waals surface area contributed by atoms with Crippen LogP contribution in [0.2, 0.25) is 0 Å². The number of aliphatic carboxylic acids is 1. The summed E-state index contributed by atoms with van der Waals surface area (Å²) in [6, 6.07) is 10.1. The van der Waals surface area contributed by atoms with E-state index in [2.05, 4.69) is 17.1 Å². The summed E-state index contributed by atoms with van der Waals surface area (Å²) in [6.07, 6.45) is 6.86. The molecule has 3 rings (SSSR count). The lowest BCUT2D eigenvalue weighted by Gasteiger charge is -2.22. The van der Waals surface area contributed by atoms with Crippen molar-refractivity contribution in [3.63, 3.8) is 0 Å². The molecule has 1 saturated carbocycles. The SMILES string of the molecule is O=C(O)C1CCCCCC1c1ccc2ncccc2c1. The first-order valence-corrected chi connectivity index (χ1v) is 7.33. The molecular weight excluding hydrogens is 250 g/mol. The van der Waals surface area contributed by atoms with Gasteiger partial charge in [0.25, 0.3) is 0 Å². The van der Waals surface area contributed by atoms with E-state index in [-0.39, 0.29) is 11.8 Å². The third kappa shape index (κ3) is 2.53. The van der Waals surface area contributed by atoms with E-state index in [9.17, 15) is 9.90 Å². The molecule has 3 heteroatoms. The fourth-order valence-corrected chi connectivity index (χ4v) is 3.33. The Bertz CT molecular complexity index is 623. The summed E-state index contributed by atoms with van der Waals surface area (Å²) in [6.45, 7) is 0. The van der Waals surface area contributed by atoms with Crippen LogP contribution in [0, 0.1) is 5.92 Å². The Morgan fingerprint density at radius 1 is 1.15 bits per heavy atom. The van der Waals surface area contributed by atoms with Gasteiger partial charge in [-0.25, -0.2) is 0 Å². The molecule has 0 amide bonds. The number of hydrogen-bond acceptors (Lipinski definition) is 2. The molecule has 1 aliphatic carbocycles. The Balaban J connectivity index is 2.00. The van der Waals surface area contributed by atoms with Crippen LogP contribution in [0.5, 0.6) is 0 Å². The van der Waals surface area contributed by atoms with E-state index in [1.54, 1.807) is 6.20 Å². The first-order chi connectivity index (χ1) is 9.75. The smallest absolute Gasteiger partial charge is 0.307 e. The maximum atomic E-state index is 11.5. The Hall–Kier alpha value is -1.90. The second-order valence-corrected chi connectivity index (χ2v) is 5.64. The Morgan fingerprint density at radius 3 is 2.85 bits per heavy atom. The van der Waals surface area contributed by atoms with Gasteiger partial charge in [-0.3, -0.25) is 9.78 Å². The van der Waals surface area contributed by atoms with Crippen molar-refractivity contribution in [3.05, 3.63) is 42.1 Å². The van der Waals surface area contributed by atoms with Gasteiger partial charge in [0.2, 0.25) is 0 Å². The predicted molar refractivity (Wildman–Crippen MR) is 78.7 cm³/mol. The molecule has 1 N–H and O–H groups in total. The van der Waals surface area contributed by atoms with Gasteiger partial charge in [0.1, 0.15) is 0 Å². The summed E-state index contributed by atoms with van der Waals surface area (Å²) < 4.78 is 0. The molecule has 2 unspecified atom stereocenters. The molecule has 104 valence electrons. The Kier molecular flexibility index (Phi) is 3.68. The van der Waals surface area contributed by atoms with Gasteiger partial charge in [-0.2, -0.15) is 0 Å². The Morgan fingerprint density at radius 2 is 2.00 bits per heavy atom. The van der Waals surface area contributed by atoms with Crippen LogP contribution in [0.3, 0.4) is 0 Å². The standard InChI is InChI=1S/C17H19NO2/c19-17(20)15-7-3-1-2-6-14(15)12-8-9-16-13(11-12)5-4-10-18-16/h4-5,8-11,14-15H,1-3,6-7H2,(H,19,20). The zero-order valence-corrected chi connectivity index (χ0v) is 11.5. The molecular formula is C17H19NO2. The van der Waals surface area contributed by atoms with E-state index >= 15 is 0 Å². The predicted octanol–water partition coefficient (Wildman–Crippen LogP) is 3.98. The number of aromatic nitrogens is 1. The second kappa shape index (κ2) is 5.61. The van der Waals surface area contributed by atoms with Gasteiger partial charge in [-0.05, 0) is 42.5 Å². The topological polar surface area (TPSA) is 50.2 Å². The van der Waals surface area contributed by atoms with Crippen molar-refractivity contribution >= 4 is 16.9 Å². The van der Waals surface area contributed by atoms with E-state index in [0.717, 1.165) is 48.6 Å². The number of carboxylic acid groups (broad SMARTS) is 1. The number of fused-ring (bicyclic) bond motifs is 1. The van der Waals surface area contributed by atoms with Crippen molar-refractivity contribution in [1.29, 1.82) is 0 Å². The number of carboxylic acids is 1. The van der Waals surface area contributed by atoms with Crippen molar-refractivity contribution in [2.75, 3.05) is 0 Å². The average molecular weight is 269 g/mol. The average Bonchev–Trinajstić information content (AvgIpc) is 2.72. The molecule has 3 nitrogen and oxygen atoms in total. The van der Waals surface area contributed by atoms with E-state index in [0.29, 0.717) is 0 Å². The lowest BCUT2D eigenvalue weighted by molar-refractivity contribution is -0.142. The van der Waals surface area contributed by atoms with E-state index in [1.165, 1.54) is 0 Å². The molecule has 2 atom stereocenters. The van der Waals surface area contributed by atoms with Gasteiger partial charge in [-0.15, -0.1) is 0 Å². The van der Waals surface area contributed by atoms with Crippen LogP contribution < -0.4 is 0 Å². The molecule has 0 aliphatic heterocycles. The number of carbonyl (C=O) groups is 1. The first-order valence-electron chi connectivity index (χ1n) is 7.33. The van der Waals surface area contributed by atoms with E-state index in [4.69, 9.17) is 0 Å². The number of hydrogen-bond donors (Lipinski definition) is 1. The molecule has 0 spiro atoms. The van der Waals surface area contributed by atoms with Crippen molar-refractivity contribution in [2.24, 2.45) is 5.92 Å². The van der Waals surface area contributed by atoms with Gasteiger partial charge in [0, 0.05) is 11.6 Å². The maximum absolute atomic E-state index is 11.5. The van der Waals surface area contributed by atoms with Crippen LogP contribution in [0.15, 0.2) is 36.5 Å². The van der Waals surface area contributed by atoms with Crippen LogP contribution >= 0.6 is 0 Å². The van der Waals surface area contributed by atoms with Crippen molar-refractivity contribution < 1.29 is 9.90 Å². The third-order valence-electron chi connectivity index (χ3n) is 4.39. The molecule has 0 bridgehead atoms. The largest absolute Gasteiger partial charge is 0.481 e. The van der Waals surface area contributed by atoms with Gasteiger partial charge >= 0.3 is 5.97 Å². The number of benzene rings is 1. The van der Waals surface area contributed by atoms with Crippen LogP contribution in [-0.4, -0.2) is 16.1 Å².